The maximum atomic E-state index is 12.6. The van der Waals surface area contributed by atoms with Gasteiger partial charge < -0.3 is 9.47 Å². The second kappa shape index (κ2) is 10.6. The third-order valence-corrected chi connectivity index (χ3v) is 6.07. The fourth-order valence-electron chi connectivity index (χ4n) is 2.88. The van der Waals surface area contributed by atoms with Crippen molar-refractivity contribution in [2.24, 2.45) is 5.10 Å². The van der Waals surface area contributed by atoms with Gasteiger partial charge in [0.25, 0.3) is 15.9 Å². The lowest BCUT2D eigenvalue weighted by atomic mass is 10.1. The SMILES string of the molecule is CCOc1ccc(S(=O)(=O)Nc2ccc(C(=O)N/N=C(\C)c3ccc(OC)cc3)cc2)cc1. The Bertz CT molecular complexity index is 1220. The zero-order chi connectivity index (χ0) is 23.8. The first kappa shape index (κ1) is 23.8. The Balaban J connectivity index is 1.63. The highest BCUT2D eigenvalue weighted by Crippen LogP contribution is 2.20. The Morgan fingerprint density at radius 3 is 2.03 bits per heavy atom. The molecule has 172 valence electrons. The minimum Gasteiger partial charge on any atom is -0.497 e. The highest BCUT2D eigenvalue weighted by atomic mass is 32.2. The summed E-state index contributed by atoms with van der Waals surface area (Å²) < 4.78 is 38.1. The first-order valence-electron chi connectivity index (χ1n) is 10.2. The first-order valence-corrected chi connectivity index (χ1v) is 11.7. The van der Waals surface area contributed by atoms with E-state index >= 15 is 0 Å². The fraction of sp³-hybridized carbons (Fsp3) is 0.167. The monoisotopic (exact) mass is 467 g/mol. The number of methoxy groups -OCH3 is 1. The molecule has 3 aromatic carbocycles. The molecule has 0 fully saturated rings. The number of hydrazone groups is 1. The molecule has 1 amide bonds. The Hall–Kier alpha value is -3.85. The number of ether oxygens (including phenoxy) is 2. The van der Waals surface area contributed by atoms with E-state index in [4.69, 9.17) is 9.47 Å². The van der Waals surface area contributed by atoms with Crippen molar-refractivity contribution in [3.63, 3.8) is 0 Å². The summed E-state index contributed by atoms with van der Waals surface area (Å²) in [6, 6.07) is 19.5. The van der Waals surface area contributed by atoms with E-state index in [0.29, 0.717) is 29.3 Å². The van der Waals surface area contributed by atoms with Crippen LogP contribution in [0.15, 0.2) is 82.8 Å². The molecule has 0 aliphatic rings. The standard InChI is InChI=1S/C24H25N3O5S/c1-4-32-22-13-15-23(16-14-22)33(29,30)27-20-9-5-19(6-10-20)24(28)26-25-17(2)18-7-11-21(31-3)12-8-18/h5-16,27H,4H2,1-3H3,(H,26,28)/b25-17+. The number of nitrogens with one attached hydrogen (secondary N) is 2. The lowest BCUT2D eigenvalue weighted by Gasteiger charge is -2.10. The molecule has 0 bridgehead atoms. The first-order chi connectivity index (χ1) is 15.8. The van der Waals surface area contributed by atoms with Crippen molar-refractivity contribution in [1.82, 2.24) is 5.43 Å². The summed E-state index contributed by atoms with van der Waals surface area (Å²) in [4.78, 5) is 12.5. The normalized spacial score (nSPS) is 11.5. The predicted octanol–water partition coefficient (Wildman–Crippen LogP) is 4.05. The second-order valence-corrected chi connectivity index (χ2v) is 8.64. The maximum absolute atomic E-state index is 12.6. The van der Waals surface area contributed by atoms with Crippen LogP contribution in [0.2, 0.25) is 0 Å². The third-order valence-electron chi connectivity index (χ3n) is 4.68. The minimum atomic E-state index is -3.77. The van der Waals surface area contributed by atoms with E-state index in [1.807, 2.05) is 31.2 Å². The summed E-state index contributed by atoms with van der Waals surface area (Å²) in [6.07, 6.45) is 0. The molecule has 0 aromatic heterocycles. The molecular weight excluding hydrogens is 442 g/mol. The van der Waals surface area contributed by atoms with Crippen molar-refractivity contribution in [1.29, 1.82) is 0 Å². The Morgan fingerprint density at radius 1 is 0.879 bits per heavy atom. The number of amides is 1. The van der Waals surface area contributed by atoms with Crippen LogP contribution in [0.1, 0.15) is 29.8 Å². The van der Waals surface area contributed by atoms with E-state index in [9.17, 15) is 13.2 Å². The van der Waals surface area contributed by atoms with Crippen LogP contribution in [0.3, 0.4) is 0 Å². The van der Waals surface area contributed by atoms with Gasteiger partial charge in [0.1, 0.15) is 11.5 Å². The Morgan fingerprint density at radius 2 is 1.45 bits per heavy atom. The molecule has 0 atom stereocenters. The molecule has 3 aromatic rings. The van der Waals surface area contributed by atoms with Crippen molar-refractivity contribution in [2.45, 2.75) is 18.7 Å². The molecule has 2 N–H and O–H groups in total. The second-order valence-electron chi connectivity index (χ2n) is 6.95. The third kappa shape index (κ3) is 6.33. The van der Waals surface area contributed by atoms with Crippen LogP contribution in [-0.2, 0) is 10.0 Å². The van der Waals surface area contributed by atoms with Crippen molar-refractivity contribution < 1.29 is 22.7 Å². The quantitative estimate of drug-likeness (QED) is 0.365. The summed E-state index contributed by atoms with van der Waals surface area (Å²) in [5, 5.41) is 4.12. The molecule has 0 heterocycles. The van der Waals surface area contributed by atoms with Gasteiger partial charge in [-0.1, -0.05) is 0 Å². The van der Waals surface area contributed by atoms with E-state index < -0.39 is 15.9 Å². The van der Waals surface area contributed by atoms with Gasteiger partial charge in [0, 0.05) is 11.3 Å². The fourth-order valence-corrected chi connectivity index (χ4v) is 3.94. The number of anilines is 1. The molecule has 0 aliphatic heterocycles. The van der Waals surface area contributed by atoms with Gasteiger partial charge in [0.15, 0.2) is 0 Å². The number of nitrogens with zero attached hydrogens (tertiary/aromatic N) is 1. The number of hydrogen-bond donors (Lipinski definition) is 2. The van der Waals surface area contributed by atoms with Gasteiger partial charge >= 0.3 is 0 Å². The predicted molar refractivity (Wildman–Crippen MR) is 128 cm³/mol. The van der Waals surface area contributed by atoms with Crippen LogP contribution >= 0.6 is 0 Å². The van der Waals surface area contributed by atoms with Gasteiger partial charge in [-0.3, -0.25) is 9.52 Å². The van der Waals surface area contributed by atoms with Crippen molar-refractivity contribution in [3.05, 3.63) is 83.9 Å². The smallest absolute Gasteiger partial charge is 0.271 e. The van der Waals surface area contributed by atoms with Gasteiger partial charge in [-0.25, -0.2) is 13.8 Å². The zero-order valence-electron chi connectivity index (χ0n) is 18.5. The van der Waals surface area contributed by atoms with E-state index in [-0.39, 0.29) is 4.90 Å². The van der Waals surface area contributed by atoms with Crippen LogP contribution < -0.4 is 19.6 Å². The Kier molecular flexibility index (Phi) is 7.68. The van der Waals surface area contributed by atoms with Crippen molar-refractivity contribution >= 4 is 27.3 Å². The highest BCUT2D eigenvalue weighted by molar-refractivity contribution is 7.92. The number of carbonyl (C=O) groups is 1. The zero-order valence-corrected chi connectivity index (χ0v) is 19.3. The van der Waals surface area contributed by atoms with Crippen molar-refractivity contribution in [2.75, 3.05) is 18.4 Å². The number of hydrogen-bond acceptors (Lipinski definition) is 6. The molecule has 0 unspecified atom stereocenters. The van der Waals surface area contributed by atoms with Gasteiger partial charge in [0.2, 0.25) is 0 Å². The van der Waals surface area contributed by atoms with Crippen LogP contribution in [0.4, 0.5) is 5.69 Å². The summed E-state index contributed by atoms with van der Waals surface area (Å²) in [6.45, 7) is 4.13. The largest absolute Gasteiger partial charge is 0.497 e. The van der Waals surface area contributed by atoms with E-state index in [1.165, 1.54) is 36.4 Å². The van der Waals surface area contributed by atoms with E-state index in [0.717, 1.165) is 11.3 Å². The molecule has 0 radical (unpaired) electrons. The lowest BCUT2D eigenvalue weighted by molar-refractivity contribution is 0.0955. The average molecular weight is 468 g/mol. The van der Waals surface area contributed by atoms with E-state index in [2.05, 4.69) is 15.2 Å². The molecule has 33 heavy (non-hydrogen) atoms. The van der Waals surface area contributed by atoms with Crippen LogP contribution in [0.25, 0.3) is 0 Å². The van der Waals surface area contributed by atoms with Gasteiger partial charge in [-0.05, 0) is 92.2 Å². The summed E-state index contributed by atoms with van der Waals surface area (Å²) in [7, 11) is -2.18. The number of sulfonamides is 1. The molecular formula is C24H25N3O5S. The summed E-state index contributed by atoms with van der Waals surface area (Å²) in [5.41, 5.74) is 4.65. The van der Waals surface area contributed by atoms with Gasteiger partial charge in [0.05, 0.1) is 24.3 Å². The Labute approximate surface area is 193 Å². The van der Waals surface area contributed by atoms with Crippen LogP contribution in [0, 0.1) is 0 Å². The van der Waals surface area contributed by atoms with E-state index in [1.54, 1.807) is 26.2 Å². The molecule has 3 rings (SSSR count). The minimum absolute atomic E-state index is 0.108. The molecule has 0 saturated heterocycles. The molecule has 9 heteroatoms. The van der Waals surface area contributed by atoms with Gasteiger partial charge in [-0.2, -0.15) is 5.10 Å². The highest BCUT2D eigenvalue weighted by Gasteiger charge is 2.15. The summed E-state index contributed by atoms with van der Waals surface area (Å²) in [5.74, 6) is 0.911. The number of rotatable bonds is 9. The van der Waals surface area contributed by atoms with Gasteiger partial charge in [-0.15, -0.1) is 0 Å². The lowest BCUT2D eigenvalue weighted by Crippen LogP contribution is -2.19. The topological polar surface area (TPSA) is 106 Å². The van der Waals surface area contributed by atoms with Crippen molar-refractivity contribution in [3.8, 4) is 11.5 Å². The number of benzene rings is 3. The average Bonchev–Trinajstić information content (AvgIpc) is 2.83. The van der Waals surface area contributed by atoms with Crippen LogP contribution in [0.5, 0.6) is 11.5 Å². The molecule has 0 saturated carbocycles. The van der Waals surface area contributed by atoms with Crippen LogP contribution in [-0.4, -0.2) is 33.8 Å². The maximum Gasteiger partial charge on any atom is 0.271 e. The summed E-state index contributed by atoms with van der Waals surface area (Å²) >= 11 is 0. The molecule has 0 spiro atoms. The number of carbonyl (C=O) groups excluding carboxylic acids is 1. The molecule has 8 nitrogen and oxygen atoms in total. The molecule has 0 aliphatic carbocycles.